The van der Waals surface area contributed by atoms with E-state index in [9.17, 15) is 9.59 Å². The number of ether oxygens (including phenoxy) is 1. The van der Waals surface area contributed by atoms with Crippen molar-refractivity contribution in [2.75, 3.05) is 5.32 Å². The van der Waals surface area contributed by atoms with Gasteiger partial charge in [-0.1, -0.05) is 31.9 Å². The van der Waals surface area contributed by atoms with Crippen LogP contribution in [0.5, 0.6) is 0 Å². The number of hydrogen-bond acceptors (Lipinski definition) is 3. The molecule has 1 aromatic rings. The van der Waals surface area contributed by atoms with Crippen LogP contribution in [0, 0.1) is 5.92 Å². The molecule has 0 heterocycles. The van der Waals surface area contributed by atoms with Gasteiger partial charge in [-0.25, -0.2) is 0 Å². The Hall–Kier alpha value is -1.88. The monoisotopic (exact) mass is 318 g/mol. The molecule has 23 heavy (non-hydrogen) atoms. The highest BCUT2D eigenvalue weighted by Crippen LogP contribution is 2.26. The zero-order valence-electron chi connectivity index (χ0n) is 13.9. The number of anilines is 1. The average molecular weight is 318 g/mol. The standard InChI is InChI=1S/C18H26N2O3/c1-12-4-3-5-16(10-12)23-13(2)18(22)20-15-8-6-14(7-9-15)11-17(19)21/h6-9,12-13,16H,3-5,10-11H2,1-2H3,(H2,19,21)(H,20,22)/t12-,13+,16-/m1/s1. The number of hydrogen-bond donors (Lipinski definition) is 2. The van der Waals surface area contributed by atoms with Gasteiger partial charge in [-0.05, 0) is 43.4 Å². The first-order chi connectivity index (χ1) is 10.9. The molecule has 0 aliphatic heterocycles. The van der Waals surface area contributed by atoms with E-state index in [4.69, 9.17) is 10.5 Å². The lowest BCUT2D eigenvalue weighted by molar-refractivity contribution is -0.131. The largest absolute Gasteiger partial charge is 0.369 e. The second kappa shape index (κ2) is 8.11. The number of amides is 2. The van der Waals surface area contributed by atoms with E-state index in [2.05, 4.69) is 12.2 Å². The van der Waals surface area contributed by atoms with Gasteiger partial charge >= 0.3 is 0 Å². The fraction of sp³-hybridized carbons (Fsp3) is 0.556. The predicted octanol–water partition coefficient (Wildman–Crippen LogP) is 2.64. The molecule has 0 saturated heterocycles. The van der Waals surface area contributed by atoms with Gasteiger partial charge in [0.15, 0.2) is 0 Å². The van der Waals surface area contributed by atoms with Crippen molar-refractivity contribution < 1.29 is 14.3 Å². The summed E-state index contributed by atoms with van der Waals surface area (Å²) >= 11 is 0. The van der Waals surface area contributed by atoms with Gasteiger partial charge in [-0.2, -0.15) is 0 Å². The highest BCUT2D eigenvalue weighted by molar-refractivity contribution is 5.93. The summed E-state index contributed by atoms with van der Waals surface area (Å²) in [6, 6.07) is 7.11. The highest BCUT2D eigenvalue weighted by atomic mass is 16.5. The molecule has 2 rings (SSSR count). The first-order valence-corrected chi connectivity index (χ1v) is 8.27. The summed E-state index contributed by atoms with van der Waals surface area (Å²) in [7, 11) is 0. The Balaban J connectivity index is 1.84. The lowest BCUT2D eigenvalue weighted by Crippen LogP contribution is -2.33. The Morgan fingerprint density at radius 2 is 2.00 bits per heavy atom. The zero-order valence-corrected chi connectivity index (χ0v) is 13.9. The third-order valence-electron chi connectivity index (χ3n) is 4.25. The van der Waals surface area contributed by atoms with E-state index in [0.29, 0.717) is 11.6 Å². The number of rotatable bonds is 6. The molecule has 0 spiro atoms. The summed E-state index contributed by atoms with van der Waals surface area (Å²) in [6.45, 7) is 4.02. The lowest BCUT2D eigenvalue weighted by atomic mass is 9.88. The second-order valence-corrected chi connectivity index (χ2v) is 6.50. The highest BCUT2D eigenvalue weighted by Gasteiger charge is 2.24. The Bertz CT molecular complexity index is 542. The van der Waals surface area contributed by atoms with Crippen molar-refractivity contribution in [2.45, 2.75) is 58.2 Å². The second-order valence-electron chi connectivity index (χ2n) is 6.50. The van der Waals surface area contributed by atoms with Gasteiger partial charge in [0.05, 0.1) is 12.5 Å². The summed E-state index contributed by atoms with van der Waals surface area (Å²) in [5.74, 6) is 0.151. The van der Waals surface area contributed by atoms with E-state index in [0.717, 1.165) is 18.4 Å². The number of benzene rings is 1. The smallest absolute Gasteiger partial charge is 0.253 e. The summed E-state index contributed by atoms with van der Waals surface area (Å²) in [4.78, 5) is 23.1. The molecule has 2 amide bonds. The van der Waals surface area contributed by atoms with E-state index in [-0.39, 0.29) is 24.3 Å². The molecule has 1 saturated carbocycles. The van der Waals surface area contributed by atoms with E-state index in [1.54, 1.807) is 31.2 Å². The molecule has 1 aliphatic carbocycles. The minimum Gasteiger partial charge on any atom is -0.369 e. The first kappa shape index (κ1) is 17.5. The van der Waals surface area contributed by atoms with E-state index in [1.165, 1.54) is 12.8 Å². The van der Waals surface area contributed by atoms with Crippen LogP contribution >= 0.6 is 0 Å². The molecule has 5 nitrogen and oxygen atoms in total. The molecule has 3 N–H and O–H groups in total. The van der Waals surface area contributed by atoms with Crippen molar-refractivity contribution in [1.29, 1.82) is 0 Å². The van der Waals surface area contributed by atoms with Gasteiger partial charge in [0.2, 0.25) is 5.91 Å². The van der Waals surface area contributed by atoms with Crippen molar-refractivity contribution in [3.05, 3.63) is 29.8 Å². The Labute approximate surface area is 137 Å². The van der Waals surface area contributed by atoms with Crippen LogP contribution in [0.15, 0.2) is 24.3 Å². The number of nitrogens with one attached hydrogen (secondary N) is 1. The quantitative estimate of drug-likeness (QED) is 0.846. The van der Waals surface area contributed by atoms with E-state index >= 15 is 0 Å². The van der Waals surface area contributed by atoms with Crippen LogP contribution in [0.2, 0.25) is 0 Å². The van der Waals surface area contributed by atoms with Crippen LogP contribution in [0.25, 0.3) is 0 Å². The molecule has 0 aromatic heterocycles. The third-order valence-corrected chi connectivity index (χ3v) is 4.25. The number of primary amides is 1. The fourth-order valence-corrected chi connectivity index (χ4v) is 3.00. The molecular weight excluding hydrogens is 292 g/mol. The third kappa shape index (κ3) is 5.67. The van der Waals surface area contributed by atoms with Crippen molar-refractivity contribution in [2.24, 2.45) is 11.7 Å². The molecule has 0 radical (unpaired) electrons. The Morgan fingerprint density at radius 1 is 1.30 bits per heavy atom. The summed E-state index contributed by atoms with van der Waals surface area (Å²) < 4.78 is 5.90. The van der Waals surface area contributed by atoms with Gasteiger partial charge in [-0.3, -0.25) is 9.59 Å². The maximum absolute atomic E-state index is 12.2. The average Bonchev–Trinajstić information content (AvgIpc) is 2.48. The maximum Gasteiger partial charge on any atom is 0.253 e. The normalized spacial score (nSPS) is 22.3. The van der Waals surface area contributed by atoms with Crippen LogP contribution < -0.4 is 11.1 Å². The van der Waals surface area contributed by atoms with E-state index < -0.39 is 6.10 Å². The summed E-state index contributed by atoms with van der Waals surface area (Å²) in [5, 5.41) is 2.84. The van der Waals surface area contributed by atoms with Gasteiger partial charge < -0.3 is 15.8 Å². The van der Waals surface area contributed by atoms with Crippen LogP contribution in [-0.4, -0.2) is 24.0 Å². The SMILES string of the molecule is C[C@@H]1CCC[C@@H](O[C@@H](C)C(=O)Nc2ccc(CC(N)=O)cc2)C1. The molecule has 1 aliphatic rings. The molecule has 1 aromatic carbocycles. The van der Waals surface area contributed by atoms with Crippen molar-refractivity contribution in [3.8, 4) is 0 Å². The number of carbonyl (C=O) groups is 2. The fourth-order valence-electron chi connectivity index (χ4n) is 3.00. The van der Waals surface area contributed by atoms with Gasteiger partial charge in [-0.15, -0.1) is 0 Å². The molecule has 0 unspecified atom stereocenters. The Morgan fingerprint density at radius 3 is 2.61 bits per heavy atom. The summed E-state index contributed by atoms with van der Waals surface area (Å²) in [6.07, 6.45) is 4.38. The van der Waals surface area contributed by atoms with E-state index in [1.807, 2.05) is 0 Å². The molecule has 126 valence electrons. The van der Waals surface area contributed by atoms with Crippen LogP contribution in [-0.2, 0) is 20.7 Å². The minimum atomic E-state index is -0.476. The topological polar surface area (TPSA) is 81.4 Å². The first-order valence-electron chi connectivity index (χ1n) is 8.27. The molecule has 0 bridgehead atoms. The summed E-state index contributed by atoms with van der Waals surface area (Å²) in [5.41, 5.74) is 6.68. The van der Waals surface area contributed by atoms with Crippen LogP contribution in [0.1, 0.15) is 45.1 Å². The maximum atomic E-state index is 12.2. The zero-order chi connectivity index (χ0) is 16.8. The van der Waals surface area contributed by atoms with Crippen molar-refractivity contribution >= 4 is 17.5 Å². The molecule has 5 heteroatoms. The van der Waals surface area contributed by atoms with Crippen LogP contribution in [0.3, 0.4) is 0 Å². The molecular formula is C18H26N2O3. The van der Waals surface area contributed by atoms with Gasteiger partial charge in [0.25, 0.3) is 5.91 Å². The van der Waals surface area contributed by atoms with Crippen molar-refractivity contribution in [3.63, 3.8) is 0 Å². The van der Waals surface area contributed by atoms with Crippen molar-refractivity contribution in [1.82, 2.24) is 0 Å². The van der Waals surface area contributed by atoms with Crippen LogP contribution in [0.4, 0.5) is 5.69 Å². The molecule has 3 atom stereocenters. The predicted molar refractivity (Wildman–Crippen MR) is 89.9 cm³/mol. The number of carbonyl (C=O) groups excluding carboxylic acids is 2. The molecule has 1 fully saturated rings. The van der Waals surface area contributed by atoms with Gasteiger partial charge in [0, 0.05) is 5.69 Å². The Kier molecular flexibility index (Phi) is 6.16. The van der Waals surface area contributed by atoms with Gasteiger partial charge in [0.1, 0.15) is 6.10 Å². The number of nitrogens with two attached hydrogens (primary N) is 1. The lowest BCUT2D eigenvalue weighted by Gasteiger charge is -2.29. The minimum absolute atomic E-state index is 0.147.